The normalized spacial score (nSPS) is 16.7. The van der Waals surface area contributed by atoms with Crippen LogP contribution in [0.25, 0.3) is 0 Å². The van der Waals surface area contributed by atoms with Gasteiger partial charge in [-0.15, -0.1) is 0 Å². The van der Waals surface area contributed by atoms with Gasteiger partial charge in [0.2, 0.25) is 0 Å². The van der Waals surface area contributed by atoms with Gasteiger partial charge in [0, 0.05) is 12.8 Å². The summed E-state index contributed by atoms with van der Waals surface area (Å²) in [6.45, 7) is 5.60. The van der Waals surface area contributed by atoms with Crippen molar-refractivity contribution in [3.05, 3.63) is 0 Å². The summed E-state index contributed by atoms with van der Waals surface area (Å²) in [6.07, 6.45) is -1.06. The third-order valence-electron chi connectivity index (χ3n) is 4.03. The summed E-state index contributed by atoms with van der Waals surface area (Å²) >= 11 is 0. The molecule has 0 fully saturated rings. The molecule has 1 N–H and O–H groups in total. The van der Waals surface area contributed by atoms with Crippen molar-refractivity contribution in [2.75, 3.05) is 0 Å². The van der Waals surface area contributed by atoms with Crippen molar-refractivity contribution in [2.24, 2.45) is 17.8 Å². The van der Waals surface area contributed by atoms with Crippen molar-refractivity contribution in [1.29, 1.82) is 0 Å². The number of hydrogen-bond acceptors (Lipinski definition) is 1. The number of carbonyl (C=O) groups is 1. The van der Waals surface area contributed by atoms with Crippen molar-refractivity contribution in [2.45, 2.75) is 71.9 Å². The Hall–Kier alpha value is -0.740. The van der Waals surface area contributed by atoms with Gasteiger partial charge in [0.15, 0.2) is 0 Å². The van der Waals surface area contributed by atoms with Crippen LogP contribution in [0.15, 0.2) is 0 Å². The Bertz CT molecular complexity index is 277. The van der Waals surface area contributed by atoms with Gasteiger partial charge >= 0.3 is 12.1 Å². The van der Waals surface area contributed by atoms with Crippen LogP contribution in [0, 0.1) is 17.8 Å². The summed E-state index contributed by atoms with van der Waals surface area (Å²) in [6, 6.07) is 0. The lowest BCUT2D eigenvalue weighted by Crippen LogP contribution is -2.26. The minimum absolute atomic E-state index is 0.0408. The average Bonchev–Trinajstić information content (AvgIpc) is 2.30. The zero-order valence-electron chi connectivity index (χ0n) is 12.7. The molecule has 0 aliphatic carbocycles. The second kappa shape index (κ2) is 9.24. The molecule has 0 saturated carbocycles. The molecule has 0 radical (unpaired) electrons. The Morgan fingerprint density at radius 2 is 1.80 bits per heavy atom. The molecule has 2 nitrogen and oxygen atoms in total. The van der Waals surface area contributed by atoms with Crippen LogP contribution in [-0.4, -0.2) is 17.3 Å². The van der Waals surface area contributed by atoms with E-state index in [9.17, 15) is 18.0 Å². The van der Waals surface area contributed by atoms with Gasteiger partial charge in [-0.05, 0) is 30.6 Å². The van der Waals surface area contributed by atoms with E-state index in [0.29, 0.717) is 6.42 Å². The standard InChI is InChI=1S/C15H27F3O2/c1-4-6-7-13(11(3)10-15(16,17)18)12(5-2)8-9-14(19)20/h11-13H,4-10H2,1-3H3,(H,19,20). The lowest BCUT2D eigenvalue weighted by molar-refractivity contribution is -0.149. The van der Waals surface area contributed by atoms with E-state index in [1.54, 1.807) is 6.92 Å². The number of halogens is 3. The van der Waals surface area contributed by atoms with E-state index < -0.39 is 24.5 Å². The molecule has 0 saturated heterocycles. The fraction of sp³-hybridized carbons (Fsp3) is 0.933. The van der Waals surface area contributed by atoms with Gasteiger partial charge in [-0.25, -0.2) is 0 Å². The molecule has 0 heterocycles. The van der Waals surface area contributed by atoms with Gasteiger partial charge in [0.1, 0.15) is 0 Å². The van der Waals surface area contributed by atoms with E-state index in [-0.39, 0.29) is 18.3 Å². The Morgan fingerprint density at radius 3 is 2.20 bits per heavy atom. The first kappa shape index (κ1) is 19.3. The molecule has 0 aromatic heterocycles. The fourth-order valence-corrected chi connectivity index (χ4v) is 2.97. The maximum absolute atomic E-state index is 12.6. The number of alkyl halides is 3. The van der Waals surface area contributed by atoms with Crippen LogP contribution >= 0.6 is 0 Å². The van der Waals surface area contributed by atoms with Crippen molar-refractivity contribution in [3.8, 4) is 0 Å². The molecule has 0 spiro atoms. The molecular weight excluding hydrogens is 269 g/mol. The number of carboxylic acids is 1. The zero-order valence-corrected chi connectivity index (χ0v) is 12.7. The summed E-state index contributed by atoms with van der Waals surface area (Å²) in [5.41, 5.74) is 0. The first-order valence-corrected chi connectivity index (χ1v) is 7.49. The topological polar surface area (TPSA) is 37.3 Å². The Balaban J connectivity index is 4.75. The van der Waals surface area contributed by atoms with Crippen LogP contribution in [0.4, 0.5) is 13.2 Å². The number of carboxylic acid groups (broad SMARTS) is 1. The van der Waals surface area contributed by atoms with Gasteiger partial charge in [-0.1, -0.05) is 40.0 Å². The SMILES string of the molecule is CCCCC(C(C)CC(F)(F)F)C(CC)CCC(=O)O. The van der Waals surface area contributed by atoms with E-state index in [0.717, 1.165) is 25.7 Å². The Kier molecular flexibility index (Phi) is 8.90. The molecule has 120 valence electrons. The molecule has 0 aromatic carbocycles. The van der Waals surface area contributed by atoms with Crippen LogP contribution in [0.5, 0.6) is 0 Å². The molecule has 3 unspecified atom stereocenters. The average molecular weight is 296 g/mol. The van der Waals surface area contributed by atoms with E-state index in [1.165, 1.54) is 0 Å². The third kappa shape index (κ3) is 8.43. The van der Waals surface area contributed by atoms with Gasteiger partial charge in [0.25, 0.3) is 0 Å². The number of hydrogen-bond donors (Lipinski definition) is 1. The zero-order chi connectivity index (χ0) is 15.8. The van der Waals surface area contributed by atoms with Crippen LogP contribution < -0.4 is 0 Å². The first-order chi connectivity index (χ1) is 9.21. The predicted octanol–water partition coefficient (Wildman–Crippen LogP) is 5.27. The molecule has 0 aliphatic heterocycles. The van der Waals surface area contributed by atoms with Crippen LogP contribution in [0.1, 0.15) is 65.7 Å². The second-order valence-electron chi connectivity index (χ2n) is 5.70. The van der Waals surface area contributed by atoms with E-state index >= 15 is 0 Å². The van der Waals surface area contributed by atoms with E-state index in [2.05, 4.69) is 0 Å². The van der Waals surface area contributed by atoms with Crippen LogP contribution in [0.2, 0.25) is 0 Å². The molecular formula is C15H27F3O2. The molecule has 0 amide bonds. The predicted molar refractivity (Wildman–Crippen MR) is 73.5 cm³/mol. The Labute approximate surface area is 119 Å². The summed E-state index contributed by atoms with van der Waals surface area (Å²) in [5, 5.41) is 8.76. The highest BCUT2D eigenvalue weighted by Crippen LogP contribution is 2.37. The maximum atomic E-state index is 12.6. The first-order valence-electron chi connectivity index (χ1n) is 7.49. The fourth-order valence-electron chi connectivity index (χ4n) is 2.97. The highest BCUT2D eigenvalue weighted by molar-refractivity contribution is 5.66. The van der Waals surface area contributed by atoms with E-state index in [1.807, 2.05) is 13.8 Å². The van der Waals surface area contributed by atoms with Gasteiger partial charge < -0.3 is 5.11 Å². The van der Waals surface area contributed by atoms with Gasteiger partial charge in [0.05, 0.1) is 0 Å². The van der Waals surface area contributed by atoms with Crippen LogP contribution in [0.3, 0.4) is 0 Å². The van der Waals surface area contributed by atoms with Crippen LogP contribution in [-0.2, 0) is 4.79 Å². The third-order valence-corrected chi connectivity index (χ3v) is 4.03. The Morgan fingerprint density at radius 1 is 1.20 bits per heavy atom. The summed E-state index contributed by atoms with van der Waals surface area (Å²) in [7, 11) is 0. The smallest absolute Gasteiger partial charge is 0.389 e. The van der Waals surface area contributed by atoms with Gasteiger partial charge in [-0.3, -0.25) is 4.79 Å². The van der Waals surface area contributed by atoms with E-state index in [4.69, 9.17) is 5.11 Å². The van der Waals surface area contributed by atoms with Crippen molar-refractivity contribution in [1.82, 2.24) is 0 Å². The molecule has 0 rings (SSSR count). The monoisotopic (exact) mass is 296 g/mol. The molecule has 0 aliphatic rings. The number of aliphatic carboxylic acids is 1. The summed E-state index contributed by atoms with van der Waals surface area (Å²) in [5.74, 6) is -1.29. The molecule has 0 bridgehead atoms. The number of unbranched alkanes of at least 4 members (excludes halogenated alkanes) is 1. The highest BCUT2D eigenvalue weighted by atomic mass is 19.4. The number of rotatable bonds is 10. The van der Waals surface area contributed by atoms with Crippen molar-refractivity contribution < 1.29 is 23.1 Å². The quantitative estimate of drug-likeness (QED) is 0.596. The largest absolute Gasteiger partial charge is 0.481 e. The minimum atomic E-state index is -4.14. The maximum Gasteiger partial charge on any atom is 0.389 e. The van der Waals surface area contributed by atoms with Crippen molar-refractivity contribution >= 4 is 5.97 Å². The molecule has 20 heavy (non-hydrogen) atoms. The summed E-state index contributed by atoms with van der Waals surface area (Å²) < 4.78 is 37.7. The molecule has 3 atom stereocenters. The molecule has 0 aromatic rings. The lowest BCUT2D eigenvalue weighted by atomic mass is 9.74. The summed E-state index contributed by atoms with van der Waals surface area (Å²) in [4.78, 5) is 10.7. The second-order valence-corrected chi connectivity index (χ2v) is 5.70. The lowest BCUT2D eigenvalue weighted by Gasteiger charge is -2.32. The van der Waals surface area contributed by atoms with Crippen molar-refractivity contribution in [3.63, 3.8) is 0 Å². The minimum Gasteiger partial charge on any atom is -0.481 e. The van der Waals surface area contributed by atoms with Gasteiger partial charge in [-0.2, -0.15) is 13.2 Å². The highest BCUT2D eigenvalue weighted by Gasteiger charge is 2.35. The molecule has 5 heteroatoms.